The summed E-state index contributed by atoms with van der Waals surface area (Å²) in [5.74, 6) is -0.688. The van der Waals surface area contributed by atoms with Gasteiger partial charge in [0.25, 0.3) is 0 Å². The molecule has 7 nitrogen and oxygen atoms in total. The molecule has 1 N–H and O–H groups in total. The molecule has 1 saturated carbocycles. The van der Waals surface area contributed by atoms with E-state index in [1.165, 1.54) is 11.3 Å². The number of hydrogen-bond acceptors (Lipinski definition) is 4. The summed E-state index contributed by atoms with van der Waals surface area (Å²) < 4.78 is 26.2. The number of carbonyl (C=O) groups excluding carboxylic acids is 2. The first-order valence-corrected chi connectivity index (χ1v) is 14.2. The van der Waals surface area contributed by atoms with Crippen LogP contribution in [0.2, 0.25) is 5.02 Å². The van der Waals surface area contributed by atoms with Crippen LogP contribution in [0.4, 0.5) is 5.69 Å². The Kier molecular flexibility index (Phi) is 9.19. The second-order valence-electron chi connectivity index (χ2n) is 9.27. The summed E-state index contributed by atoms with van der Waals surface area (Å²) in [6, 6.07) is 13.3. The number of sulfonamides is 1. The highest BCUT2D eigenvalue weighted by Crippen LogP contribution is 2.22. The standard InChI is InChI=1S/C26H34ClN3O4S/c1-19-9-11-21(12-10-19)17-29(20(2)26(32)28-23-7-5-4-6-8-23)25(31)18-30(35(3,33)34)24-15-13-22(27)14-16-24/h9-16,20,23H,4-8,17-18H2,1-3H3,(H,28,32). The van der Waals surface area contributed by atoms with Crippen LogP contribution in [-0.2, 0) is 26.2 Å². The molecule has 0 heterocycles. The van der Waals surface area contributed by atoms with Gasteiger partial charge in [-0.25, -0.2) is 8.42 Å². The zero-order valence-electron chi connectivity index (χ0n) is 20.5. The third-order valence-electron chi connectivity index (χ3n) is 6.39. The molecule has 1 fully saturated rings. The normalized spacial score (nSPS) is 15.3. The van der Waals surface area contributed by atoms with E-state index >= 15 is 0 Å². The van der Waals surface area contributed by atoms with Gasteiger partial charge >= 0.3 is 0 Å². The number of nitrogens with zero attached hydrogens (tertiary/aromatic N) is 2. The highest BCUT2D eigenvalue weighted by atomic mass is 35.5. The Balaban J connectivity index is 1.85. The quantitative estimate of drug-likeness (QED) is 0.535. The van der Waals surface area contributed by atoms with Crippen molar-refractivity contribution in [1.29, 1.82) is 0 Å². The van der Waals surface area contributed by atoms with Crippen molar-refractivity contribution in [3.8, 4) is 0 Å². The fraction of sp³-hybridized carbons (Fsp3) is 0.462. The molecule has 1 unspecified atom stereocenters. The third-order valence-corrected chi connectivity index (χ3v) is 7.78. The number of halogens is 1. The van der Waals surface area contributed by atoms with Crippen LogP contribution < -0.4 is 9.62 Å². The average molecular weight is 520 g/mol. The smallest absolute Gasteiger partial charge is 0.244 e. The van der Waals surface area contributed by atoms with Crippen LogP contribution in [0.25, 0.3) is 0 Å². The van der Waals surface area contributed by atoms with Gasteiger partial charge in [-0.05, 0) is 56.5 Å². The van der Waals surface area contributed by atoms with Gasteiger partial charge in [-0.1, -0.05) is 60.7 Å². The third kappa shape index (κ3) is 7.70. The molecule has 1 atom stereocenters. The number of nitrogens with one attached hydrogen (secondary N) is 1. The molecule has 2 amide bonds. The van der Waals surface area contributed by atoms with Crippen LogP contribution in [0.3, 0.4) is 0 Å². The lowest BCUT2D eigenvalue weighted by molar-refractivity contribution is -0.139. The van der Waals surface area contributed by atoms with Crippen molar-refractivity contribution >= 4 is 39.1 Å². The molecule has 1 aliphatic carbocycles. The van der Waals surface area contributed by atoms with Gasteiger partial charge in [-0.2, -0.15) is 0 Å². The van der Waals surface area contributed by atoms with Crippen molar-refractivity contribution in [3.05, 3.63) is 64.7 Å². The highest BCUT2D eigenvalue weighted by Gasteiger charge is 2.31. The first-order valence-electron chi connectivity index (χ1n) is 11.9. The van der Waals surface area contributed by atoms with Crippen LogP contribution in [-0.4, -0.2) is 50.0 Å². The molecule has 0 radical (unpaired) electrons. The number of amides is 2. The Morgan fingerprint density at radius 2 is 1.63 bits per heavy atom. The van der Waals surface area contributed by atoms with Crippen LogP contribution in [0.1, 0.15) is 50.2 Å². The van der Waals surface area contributed by atoms with E-state index in [0.29, 0.717) is 10.7 Å². The molecule has 0 saturated heterocycles. The number of hydrogen-bond donors (Lipinski definition) is 1. The Bertz CT molecular complexity index is 1110. The van der Waals surface area contributed by atoms with Gasteiger partial charge in [0.15, 0.2) is 0 Å². The largest absolute Gasteiger partial charge is 0.352 e. The van der Waals surface area contributed by atoms with E-state index in [-0.39, 0.29) is 18.5 Å². The molecule has 190 valence electrons. The Morgan fingerprint density at radius 1 is 1.03 bits per heavy atom. The highest BCUT2D eigenvalue weighted by molar-refractivity contribution is 7.92. The second kappa shape index (κ2) is 11.9. The van der Waals surface area contributed by atoms with Crippen molar-refractivity contribution in [2.45, 2.75) is 64.6 Å². The molecular formula is C26H34ClN3O4S. The molecule has 9 heteroatoms. The molecule has 2 aromatic rings. The molecule has 0 aliphatic heterocycles. The lowest BCUT2D eigenvalue weighted by Crippen LogP contribution is -2.52. The van der Waals surface area contributed by atoms with Crippen molar-refractivity contribution in [2.75, 3.05) is 17.1 Å². The van der Waals surface area contributed by atoms with Crippen molar-refractivity contribution in [3.63, 3.8) is 0 Å². The molecule has 2 aromatic carbocycles. The Morgan fingerprint density at radius 3 is 2.20 bits per heavy atom. The molecule has 0 bridgehead atoms. The maximum absolute atomic E-state index is 13.6. The van der Waals surface area contributed by atoms with Gasteiger partial charge in [0, 0.05) is 17.6 Å². The lowest BCUT2D eigenvalue weighted by atomic mass is 9.95. The Labute approximate surface area is 213 Å². The van der Waals surface area contributed by atoms with Gasteiger partial charge in [-0.3, -0.25) is 13.9 Å². The van der Waals surface area contributed by atoms with E-state index in [1.54, 1.807) is 31.2 Å². The van der Waals surface area contributed by atoms with E-state index < -0.39 is 28.5 Å². The van der Waals surface area contributed by atoms with Crippen molar-refractivity contribution in [1.82, 2.24) is 10.2 Å². The molecule has 1 aliphatic rings. The maximum atomic E-state index is 13.6. The van der Waals surface area contributed by atoms with Crippen LogP contribution in [0.5, 0.6) is 0 Å². The topological polar surface area (TPSA) is 86.8 Å². The summed E-state index contributed by atoms with van der Waals surface area (Å²) in [6.45, 7) is 3.43. The van der Waals surface area contributed by atoms with Crippen molar-refractivity contribution in [2.24, 2.45) is 0 Å². The summed E-state index contributed by atoms with van der Waals surface area (Å²) in [5.41, 5.74) is 2.28. The molecular weight excluding hydrogens is 486 g/mol. The number of carbonyl (C=O) groups is 2. The number of rotatable bonds is 9. The lowest BCUT2D eigenvalue weighted by Gasteiger charge is -2.33. The average Bonchev–Trinajstić information content (AvgIpc) is 2.82. The number of anilines is 1. The zero-order valence-corrected chi connectivity index (χ0v) is 22.1. The fourth-order valence-corrected chi connectivity index (χ4v) is 5.24. The van der Waals surface area contributed by atoms with E-state index in [0.717, 1.165) is 47.4 Å². The predicted octanol–water partition coefficient (Wildman–Crippen LogP) is 4.28. The summed E-state index contributed by atoms with van der Waals surface area (Å²) in [6.07, 6.45) is 6.25. The zero-order chi connectivity index (χ0) is 25.6. The monoisotopic (exact) mass is 519 g/mol. The SMILES string of the molecule is Cc1ccc(CN(C(=O)CN(c2ccc(Cl)cc2)S(C)(=O)=O)C(C)C(=O)NC2CCCCC2)cc1. The minimum absolute atomic E-state index is 0.108. The van der Waals surface area contributed by atoms with E-state index in [1.807, 2.05) is 31.2 Å². The first kappa shape index (κ1) is 27.0. The number of aryl methyl sites for hydroxylation is 1. The van der Waals surface area contributed by atoms with Crippen LogP contribution >= 0.6 is 11.6 Å². The van der Waals surface area contributed by atoms with Crippen molar-refractivity contribution < 1.29 is 18.0 Å². The Hall–Kier alpha value is -2.58. The minimum atomic E-state index is -3.76. The molecule has 0 spiro atoms. The van der Waals surface area contributed by atoms with Gasteiger partial charge in [0.1, 0.15) is 12.6 Å². The maximum Gasteiger partial charge on any atom is 0.244 e. The van der Waals surface area contributed by atoms with Gasteiger partial charge in [-0.15, -0.1) is 0 Å². The summed E-state index contributed by atoms with van der Waals surface area (Å²) in [5, 5.41) is 3.55. The molecule has 3 rings (SSSR count). The van der Waals surface area contributed by atoms with Crippen LogP contribution in [0, 0.1) is 6.92 Å². The molecule has 0 aromatic heterocycles. The fourth-order valence-electron chi connectivity index (χ4n) is 4.26. The van der Waals surface area contributed by atoms with E-state index in [2.05, 4.69) is 5.32 Å². The van der Waals surface area contributed by atoms with E-state index in [4.69, 9.17) is 11.6 Å². The summed E-state index contributed by atoms with van der Waals surface area (Å²) >= 11 is 5.96. The van der Waals surface area contributed by atoms with Crippen LogP contribution in [0.15, 0.2) is 48.5 Å². The predicted molar refractivity (Wildman–Crippen MR) is 140 cm³/mol. The second-order valence-corrected chi connectivity index (χ2v) is 11.6. The first-order chi connectivity index (χ1) is 16.5. The van der Waals surface area contributed by atoms with Gasteiger partial charge < -0.3 is 10.2 Å². The minimum Gasteiger partial charge on any atom is -0.352 e. The summed E-state index contributed by atoms with van der Waals surface area (Å²) in [4.78, 5) is 28.2. The van der Waals surface area contributed by atoms with E-state index in [9.17, 15) is 18.0 Å². The molecule has 35 heavy (non-hydrogen) atoms. The number of benzene rings is 2. The van der Waals surface area contributed by atoms with Gasteiger partial charge in [0.05, 0.1) is 11.9 Å². The van der Waals surface area contributed by atoms with Gasteiger partial charge in [0.2, 0.25) is 21.8 Å². The summed E-state index contributed by atoms with van der Waals surface area (Å²) in [7, 11) is -3.76.